The van der Waals surface area contributed by atoms with Crippen LogP contribution in [0.1, 0.15) is 92.0 Å². The number of ketones is 1. The first-order chi connectivity index (χ1) is 15.1. The number of aromatic nitrogens is 1. The summed E-state index contributed by atoms with van der Waals surface area (Å²) in [7, 11) is 0. The van der Waals surface area contributed by atoms with Crippen LogP contribution in [0.25, 0.3) is 22.2 Å². The normalized spacial score (nSPS) is 15.2. The van der Waals surface area contributed by atoms with Crippen LogP contribution in [0.15, 0.2) is 36.4 Å². The molecule has 0 unspecified atom stereocenters. The molecule has 1 N–H and O–H groups in total. The molecule has 1 aromatic heterocycles. The van der Waals surface area contributed by atoms with E-state index in [1.165, 1.54) is 25.5 Å². The number of hydrogen-bond donors (Lipinski definition) is 1. The second-order valence-electron chi connectivity index (χ2n) is 9.76. The summed E-state index contributed by atoms with van der Waals surface area (Å²) in [5.74, 6) is -0.630. The van der Waals surface area contributed by atoms with E-state index in [1.807, 2.05) is 32.9 Å². The highest BCUT2D eigenvalue weighted by atomic mass is 19.1. The number of ether oxygens (including phenoxy) is 1. The quantitative estimate of drug-likeness (QED) is 0.349. The number of rotatable bonds is 4. The molecule has 168 valence electrons. The Labute approximate surface area is 188 Å². The highest BCUT2D eigenvalue weighted by Crippen LogP contribution is 2.43. The second kappa shape index (κ2) is 8.53. The zero-order valence-electron chi connectivity index (χ0n) is 19.2. The molecule has 4 nitrogen and oxygen atoms in total. The van der Waals surface area contributed by atoms with E-state index in [2.05, 4.69) is 4.98 Å². The fraction of sp³-hybridized carbons (Fsp3) is 0.407. The predicted octanol–water partition coefficient (Wildman–Crippen LogP) is 7.18. The Morgan fingerprint density at radius 3 is 2.41 bits per heavy atom. The lowest BCUT2D eigenvalue weighted by Crippen LogP contribution is -2.23. The van der Waals surface area contributed by atoms with Gasteiger partial charge in [0.1, 0.15) is 11.4 Å². The van der Waals surface area contributed by atoms with Crippen molar-refractivity contribution in [2.75, 3.05) is 0 Å². The summed E-state index contributed by atoms with van der Waals surface area (Å²) in [5, 5.41) is 1.04. The van der Waals surface area contributed by atoms with Crippen LogP contribution in [0, 0.1) is 5.82 Å². The molecule has 3 aromatic rings. The van der Waals surface area contributed by atoms with Gasteiger partial charge in [-0.2, -0.15) is 0 Å². The lowest BCUT2D eigenvalue weighted by molar-refractivity contribution is 0.00695. The zero-order valence-corrected chi connectivity index (χ0v) is 19.2. The van der Waals surface area contributed by atoms with Gasteiger partial charge in [-0.25, -0.2) is 9.18 Å². The van der Waals surface area contributed by atoms with Gasteiger partial charge in [0.05, 0.1) is 11.3 Å². The summed E-state index contributed by atoms with van der Waals surface area (Å²) in [4.78, 5) is 28.4. The van der Waals surface area contributed by atoms with Crippen molar-refractivity contribution in [2.45, 2.75) is 71.3 Å². The molecule has 0 spiro atoms. The van der Waals surface area contributed by atoms with Crippen LogP contribution < -0.4 is 0 Å². The van der Waals surface area contributed by atoms with Gasteiger partial charge >= 0.3 is 5.97 Å². The summed E-state index contributed by atoms with van der Waals surface area (Å²) >= 11 is 0. The molecule has 0 aliphatic heterocycles. The number of hydrogen-bond acceptors (Lipinski definition) is 3. The minimum Gasteiger partial charge on any atom is -0.456 e. The van der Waals surface area contributed by atoms with Crippen LogP contribution in [0.4, 0.5) is 4.39 Å². The minimum atomic E-state index is -0.579. The maximum atomic E-state index is 13.9. The molecule has 0 atom stereocenters. The predicted molar refractivity (Wildman–Crippen MR) is 125 cm³/mol. The Hall–Kier alpha value is -2.95. The van der Waals surface area contributed by atoms with Gasteiger partial charge < -0.3 is 9.72 Å². The van der Waals surface area contributed by atoms with Crippen molar-refractivity contribution in [2.24, 2.45) is 0 Å². The van der Waals surface area contributed by atoms with Crippen LogP contribution >= 0.6 is 0 Å². The Morgan fingerprint density at radius 2 is 1.75 bits per heavy atom. The van der Waals surface area contributed by atoms with Crippen LogP contribution in [0.5, 0.6) is 0 Å². The van der Waals surface area contributed by atoms with Crippen LogP contribution in [-0.4, -0.2) is 22.3 Å². The summed E-state index contributed by atoms with van der Waals surface area (Å²) in [6.45, 7) is 6.99. The van der Waals surface area contributed by atoms with Gasteiger partial charge in [-0.3, -0.25) is 4.79 Å². The first-order valence-electron chi connectivity index (χ1n) is 11.3. The third-order valence-electron chi connectivity index (χ3n) is 6.12. The summed E-state index contributed by atoms with van der Waals surface area (Å²) in [6, 6.07) is 9.96. The maximum Gasteiger partial charge on any atom is 0.338 e. The molecule has 2 aromatic carbocycles. The number of fused-ring (bicyclic) bond motifs is 1. The molecule has 5 heteroatoms. The SMILES string of the molecule is CC(=O)c1cc(F)ccc1-c1[nH]c2cc(C(=O)OC(C)(C)C)ccc2c1C1CCCCC1. The molecule has 1 aliphatic rings. The number of carbonyl (C=O) groups excluding carboxylic acids is 2. The molecule has 4 rings (SSSR count). The van der Waals surface area contributed by atoms with Crippen LogP contribution in [0.2, 0.25) is 0 Å². The van der Waals surface area contributed by atoms with Crippen LogP contribution in [-0.2, 0) is 4.74 Å². The maximum absolute atomic E-state index is 13.9. The van der Waals surface area contributed by atoms with Crippen molar-refractivity contribution < 1.29 is 18.7 Å². The molecule has 1 fully saturated rings. The third kappa shape index (κ3) is 4.47. The number of esters is 1. The van der Waals surface area contributed by atoms with E-state index in [1.54, 1.807) is 12.1 Å². The van der Waals surface area contributed by atoms with E-state index in [0.717, 1.165) is 47.8 Å². The molecule has 32 heavy (non-hydrogen) atoms. The molecular formula is C27H30FNO3. The van der Waals surface area contributed by atoms with Crippen LogP contribution in [0.3, 0.4) is 0 Å². The lowest BCUT2D eigenvalue weighted by Gasteiger charge is -2.23. The molecular weight excluding hydrogens is 405 g/mol. The van der Waals surface area contributed by atoms with Crippen molar-refractivity contribution in [3.63, 3.8) is 0 Å². The second-order valence-corrected chi connectivity index (χ2v) is 9.76. The summed E-state index contributed by atoms with van der Waals surface area (Å²) in [5.41, 5.74) is 3.78. The van der Waals surface area contributed by atoms with E-state index >= 15 is 0 Å². The van der Waals surface area contributed by atoms with Gasteiger partial charge in [0.15, 0.2) is 5.78 Å². The number of H-pyrrole nitrogens is 1. The van der Waals surface area contributed by atoms with Crippen molar-refractivity contribution in [1.82, 2.24) is 4.98 Å². The largest absolute Gasteiger partial charge is 0.456 e. The Kier molecular flexibility index (Phi) is 5.93. The van der Waals surface area contributed by atoms with Gasteiger partial charge in [-0.1, -0.05) is 25.3 Å². The van der Waals surface area contributed by atoms with E-state index in [4.69, 9.17) is 4.74 Å². The number of nitrogens with one attached hydrogen (secondary N) is 1. The fourth-order valence-corrected chi connectivity index (χ4v) is 4.74. The van der Waals surface area contributed by atoms with Gasteiger partial charge in [-0.15, -0.1) is 0 Å². The lowest BCUT2D eigenvalue weighted by atomic mass is 9.81. The van der Waals surface area contributed by atoms with Gasteiger partial charge in [0, 0.05) is 22.0 Å². The number of aromatic amines is 1. The summed E-state index contributed by atoms with van der Waals surface area (Å²) in [6.07, 6.45) is 5.70. The molecule has 0 radical (unpaired) electrons. The van der Waals surface area contributed by atoms with Gasteiger partial charge in [0.2, 0.25) is 0 Å². The molecule has 0 amide bonds. The summed E-state index contributed by atoms with van der Waals surface area (Å²) < 4.78 is 19.5. The smallest absolute Gasteiger partial charge is 0.338 e. The van der Waals surface area contributed by atoms with E-state index in [-0.39, 0.29) is 11.8 Å². The zero-order chi connectivity index (χ0) is 23.0. The first kappa shape index (κ1) is 22.3. The van der Waals surface area contributed by atoms with Crippen molar-refractivity contribution in [3.05, 3.63) is 58.9 Å². The highest BCUT2D eigenvalue weighted by molar-refractivity contribution is 6.04. The Balaban J connectivity index is 1.90. The van der Waals surface area contributed by atoms with Crippen molar-refractivity contribution >= 4 is 22.7 Å². The highest BCUT2D eigenvalue weighted by Gasteiger charge is 2.26. The minimum absolute atomic E-state index is 0.179. The van der Waals surface area contributed by atoms with Gasteiger partial charge in [-0.05, 0) is 82.3 Å². The Morgan fingerprint density at radius 1 is 1.03 bits per heavy atom. The van der Waals surface area contributed by atoms with Crippen molar-refractivity contribution in [1.29, 1.82) is 0 Å². The number of Topliss-reactive ketones (excluding diaryl/α,β-unsaturated/α-hetero) is 1. The fourth-order valence-electron chi connectivity index (χ4n) is 4.74. The van der Waals surface area contributed by atoms with E-state index < -0.39 is 11.4 Å². The Bertz CT molecular complexity index is 1180. The van der Waals surface area contributed by atoms with E-state index in [0.29, 0.717) is 22.6 Å². The molecule has 1 heterocycles. The van der Waals surface area contributed by atoms with Gasteiger partial charge in [0.25, 0.3) is 0 Å². The first-order valence-corrected chi connectivity index (χ1v) is 11.3. The topological polar surface area (TPSA) is 59.2 Å². The standard InChI is InChI=1S/C27H30FNO3/c1-16(30)22-15-19(28)11-13-20(22)25-24(17-8-6-5-7-9-17)21-12-10-18(14-23(21)29-25)26(31)32-27(2,3)4/h10-15,17,29H,5-9H2,1-4H3. The molecule has 0 bridgehead atoms. The molecule has 1 saturated carbocycles. The average molecular weight is 436 g/mol. The number of benzene rings is 2. The third-order valence-corrected chi connectivity index (χ3v) is 6.12. The van der Waals surface area contributed by atoms with Crippen molar-refractivity contribution in [3.8, 4) is 11.3 Å². The monoisotopic (exact) mass is 435 g/mol. The number of carbonyl (C=O) groups is 2. The average Bonchev–Trinajstić information content (AvgIpc) is 3.11. The number of halogens is 1. The molecule has 1 aliphatic carbocycles. The van der Waals surface area contributed by atoms with E-state index in [9.17, 15) is 14.0 Å². The molecule has 0 saturated heterocycles.